The average Bonchev–Trinajstić information content (AvgIpc) is 3.04. The van der Waals surface area contributed by atoms with Crippen LogP contribution in [0.4, 0.5) is 0 Å². The van der Waals surface area contributed by atoms with Crippen molar-refractivity contribution in [2.45, 2.75) is 90.6 Å². The number of carbonyl (C=O) groups is 1. The molecule has 1 heterocycles. The monoisotopic (exact) mass is 338 g/mol. The molecule has 0 saturated carbocycles. The van der Waals surface area contributed by atoms with Crippen molar-refractivity contribution >= 4 is 5.97 Å². The molecule has 0 bridgehead atoms. The van der Waals surface area contributed by atoms with Crippen molar-refractivity contribution in [1.82, 2.24) is 0 Å². The van der Waals surface area contributed by atoms with E-state index in [0.29, 0.717) is 18.8 Å². The van der Waals surface area contributed by atoms with Crippen LogP contribution in [0, 0.1) is 0 Å². The molecule has 0 aliphatic carbocycles. The van der Waals surface area contributed by atoms with E-state index in [-0.39, 0.29) is 5.76 Å². The number of aromatic carboxylic acids is 1. The number of carboxylic acid groups (broad SMARTS) is 1. The summed E-state index contributed by atoms with van der Waals surface area (Å²) in [6.07, 6.45) is 17.3. The number of unbranched alkanes of at least 4 members (excludes halogenated alkanes) is 11. The molecule has 4 heteroatoms. The SMILES string of the molecule is CCCCCCCCCCCCCCOCc1ccoc1C(=O)O. The van der Waals surface area contributed by atoms with Gasteiger partial charge in [-0.15, -0.1) is 0 Å². The molecule has 0 radical (unpaired) electrons. The molecule has 1 aromatic heterocycles. The van der Waals surface area contributed by atoms with E-state index in [4.69, 9.17) is 14.3 Å². The number of furan rings is 1. The van der Waals surface area contributed by atoms with Gasteiger partial charge in [0, 0.05) is 12.2 Å². The van der Waals surface area contributed by atoms with E-state index >= 15 is 0 Å². The van der Waals surface area contributed by atoms with Gasteiger partial charge in [-0.3, -0.25) is 0 Å². The van der Waals surface area contributed by atoms with Gasteiger partial charge in [0.25, 0.3) is 0 Å². The second kappa shape index (κ2) is 14.1. The first kappa shape index (κ1) is 20.8. The highest BCUT2D eigenvalue weighted by atomic mass is 16.5. The van der Waals surface area contributed by atoms with Gasteiger partial charge >= 0.3 is 5.97 Å². The minimum absolute atomic E-state index is 0.00954. The number of carboxylic acids is 1. The molecule has 4 nitrogen and oxygen atoms in total. The van der Waals surface area contributed by atoms with Gasteiger partial charge in [-0.05, 0) is 12.5 Å². The summed E-state index contributed by atoms with van der Waals surface area (Å²) in [5, 5.41) is 8.92. The molecule has 0 aliphatic rings. The summed E-state index contributed by atoms with van der Waals surface area (Å²) in [7, 11) is 0. The van der Waals surface area contributed by atoms with Gasteiger partial charge in [0.15, 0.2) is 0 Å². The van der Waals surface area contributed by atoms with Crippen molar-refractivity contribution in [1.29, 1.82) is 0 Å². The maximum atomic E-state index is 10.9. The molecule has 1 N–H and O–H groups in total. The summed E-state index contributed by atoms with van der Waals surface area (Å²) < 4.78 is 10.5. The van der Waals surface area contributed by atoms with Gasteiger partial charge < -0.3 is 14.3 Å². The molecule has 0 atom stereocenters. The third kappa shape index (κ3) is 9.76. The molecule has 0 unspecified atom stereocenters. The van der Waals surface area contributed by atoms with Crippen LogP contribution in [0.2, 0.25) is 0 Å². The van der Waals surface area contributed by atoms with E-state index in [1.165, 1.54) is 76.9 Å². The first-order chi connectivity index (χ1) is 11.8. The van der Waals surface area contributed by atoms with Gasteiger partial charge in [0.1, 0.15) is 0 Å². The molecular weight excluding hydrogens is 304 g/mol. The van der Waals surface area contributed by atoms with Crippen molar-refractivity contribution in [3.8, 4) is 0 Å². The molecule has 0 spiro atoms. The normalized spacial score (nSPS) is 11.0. The molecule has 0 aliphatic heterocycles. The molecule has 1 aromatic rings. The van der Waals surface area contributed by atoms with Crippen molar-refractivity contribution < 1.29 is 19.1 Å². The molecule has 0 saturated heterocycles. The van der Waals surface area contributed by atoms with Crippen LogP contribution >= 0.6 is 0 Å². The highest BCUT2D eigenvalue weighted by Crippen LogP contribution is 2.13. The fourth-order valence-corrected chi connectivity index (χ4v) is 2.86. The quantitative estimate of drug-likeness (QED) is 0.365. The minimum Gasteiger partial charge on any atom is -0.475 e. The summed E-state index contributed by atoms with van der Waals surface area (Å²) in [5.74, 6) is -1.05. The van der Waals surface area contributed by atoms with Crippen molar-refractivity contribution in [2.24, 2.45) is 0 Å². The summed E-state index contributed by atoms with van der Waals surface area (Å²) in [5.41, 5.74) is 0.612. The smallest absolute Gasteiger partial charge is 0.372 e. The van der Waals surface area contributed by atoms with Crippen molar-refractivity contribution in [2.75, 3.05) is 6.61 Å². The molecule has 24 heavy (non-hydrogen) atoms. The Hall–Kier alpha value is -1.29. The van der Waals surface area contributed by atoms with Gasteiger partial charge in [-0.1, -0.05) is 77.6 Å². The van der Waals surface area contributed by atoms with Gasteiger partial charge in [-0.2, -0.15) is 0 Å². The summed E-state index contributed by atoms with van der Waals surface area (Å²) in [6.45, 7) is 3.26. The van der Waals surface area contributed by atoms with Crippen LogP contribution in [-0.2, 0) is 11.3 Å². The summed E-state index contributed by atoms with van der Waals surface area (Å²) in [6, 6.07) is 1.66. The zero-order valence-corrected chi connectivity index (χ0v) is 15.2. The van der Waals surface area contributed by atoms with Gasteiger partial charge in [0.05, 0.1) is 12.9 Å². The maximum Gasteiger partial charge on any atom is 0.372 e. The standard InChI is InChI=1S/C20H34O4/c1-2-3-4-5-6-7-8-9-10-11-12-13-15-23-17-18-14-16-24-19(18)20(21)22/h14,16H,2-13,15,17H2,1H3,(H,21,22). The molecule has 1 rings (SSSR count). The van der Waals surface area contributed by atoms with Crippen LogP contribution in [0.25, 0.3) is 0 Å². The Morgan fingerprint density at radius 3 is 2.04 bits per heavy atom. The van der Waals surface area contributed by atoms with Crippen molar-refractivity contribution in [3.63, 3.8) is 0 Å². The molecule has 0 fully saturated rings. The lowest BCUT2D eigenvalue weighted by Crippen LogP contribution is -2.01. The first-order valence-electron chi connectivity index (χ1n) is 9.63. The van der Waals surface area contributed by atoms with E-state index in [9.17, 15) is 4.79 Å². The maximum absolute atomic E-state index is 10.9. The lowest BCUT2D eigenvalue weighted by Gasteiger charge is -2.04. The van der Waals surface area contributed by atoms with Crippen LogP contribution in [0.1, 0.15) is 100 Å². The Morgan fingerprint density at radius 2 is 1.50 bits per heavy atom. The Labute approximate surface area is 146 Å². The van der Waals surface area contributed by atoms with Crippen molar-refractivity contribution in [3.05, 3.63) is 23.7 Å². The van der Waals surface area contributed by atoms with Gasteiger partial charge in [-0.25, -0.2) is 4.79 Å². The number of hydrogen-bond donors (Lipinski definition) is 1. The lowest BCUT2D eigenvalue weighted by atomic mass is 10.1. The van der Waals surface area contributed by atoms with E-state index in [2.05, 4.69) is 6.92 Å². The molecule has 0 amide bonds. The van der Waals surface area contributed by atoms with Crippen LogP contribution in [0.5, 0.6) is 0 Å². The summed E-state index contributed by atoms with van der Waals surface area (Å²) in [4.78, 5) is 10.9. The fourth-order valence-electron chi connectivity index (χ4n) is 2.86. The van der Waals surface area contributed by atoms with Crippen LogP contribution in [0.3, 0.4) is 0 Å². The predicted molar refractivity (Wildman–Crippen MR) is 96.4 cm³/mol. The number of hydrogen-bond acceptors (Lipinski definition) is 3. The van der Waals surface area contributed by atoms with Crippen LogP contribution in [0.15, 0.2) is 16.7 Å². The predicted octanol–water partition coefficient (Wildman–Crippen LogP) is 6.20. The summed E-state index contributed by atoms with van der Waals surface area (Å²) >= 11 is 0. The number of rotatable bonds is 16. The highest BCUT2D eigenvalue weighted by Gasteiger charge is 2.13. The molecule has 138 valence electrons. The Bertz CT molecular complexity index is 425. The first-order valence-corrected chi connectivity index (χ1v) is 9.63. The van der Waals surface area contributed by atoms with E-state index in [0.717, 1.165) is 6.42 Å². The Kier molecular flexibility index (Phi) is 12.2. The highest BCUT2D eigenvalue weighted by molar-refractivity contribution is 5.85. The Balaban J connectivity index is 1.84. The molecular formula is C20H34O4. The third-order valence-corrected chi connectivity index (χ3v) is 4.34. The minimum atomic E-state index is -1.04. The second-order valence-electron chi connectivity index (χ2n) is 6.52. The van der Waals surface area contributed by atoms with Crippen LogP contribution in [-0.4, -0.2) is 17.7 Å². The largest absolute Gasteiger partial charge is 0.475 e. The topological polar surface area (TPSA) is 59.7 Å². The van der Waals surface area contributed by atoms with E-state index < -0.39 is 5.97 Å². The van der Waals surface area contributed by atoms with E-state index in [1.807, 2.05) is 0 Å². The average molecular weight is 338 g/mol. The zero-order valence-electron chi connectivity index (χ0n) is 15.2. The molecule has 0 aromatic carbocycles. The second-order valence-corrected chi connectivity index (χ2v) is 6.52. The number of ether oxygens (including phenoxy) is 1. The Morgan fingerprint density at radius 1 is 0.958 bits per heavy atom. The lowest BCUT2D eigenvalue weighted by molar-refractivity contribution is 0.0649. The van der Waals surface area contributed by atoms with E-state index in [1.54, 1.807) is 6.07 Å². The zero-order chi connectivity index (χ0) is 17.5. The van der Waals surface area contributed by atoms with Gasteiger partial charge in [0.2, 0.25) is 5.76 Å². The van der Waals surface area contributed by atoms with Crippen LogP contribution < -0.4 is 0 Å². The fraction of sp³-hybridized carbons (Fsp3) is 0.750. The third-order valence-electron chi connectivity index (χ3n) is 4.34.